The lowest BCUT2D eigenvalue weighted by Gasteiger charge is -2.26. The maximum Gasteiger partial charge on any atom is 0.0626 e. The maximum absolute atomic E-state index is 5.93. The van der Waals surface area contributed by atoms with Crippen LogP contribution in [0.25, 0.3) is 0 Å². The molecule has 0 aliphatic carbocycles. The molecule has 0 radical (unpaired) electrons. The Morgan fingerprint density at radius 1 is 1.19 bits per heavy atom. The second-order valence-corrected chi connectivity index (χ2v) is 5.90. The zero-order chi connectivity index (χ0) is 12.6. The summed E-state index contributed by atoms with van der Waals surface area (Å²) >= 11 is 0. The molecule has 0 saturated carbocycles. The summed E-state index contributed by atoms with van der Waals surface area (Å²) in [7, 11) is 0. The molecule has 16 heavy (non-hydrogen) atoms. The van der Waals surface area contributed by atoms with E-state index in [1.165, 1.54) is 12.8 Å². The summed E-state index contributed by atoms with van der Waals surface area (Å²) in [5.74, 6) is 1.36. The molecular formula is C15H30O. The number of hydrogen-bond acceptors (Lipinski definition) is 1. The molecule has 0 aliphatic heterocycles. The molecule has 1 heteroatoms. The largest absolute Gasteiger partial charge is 0.376 e. The van der Waals surface area contributed by atoms with Crippen LogP contribution in [-0.2, 0) is 4.74 Å². The van der Waals surface area contributed by atoms with Crippen LogP contribution < -0.4 is 0 Å². The number of ether oxygens (including phenoxy) is 1. The van der Waals surface area contributed by atoms with Gasteiger partial charge in [-0.2, -0.15) is 0 Å². The molecule has 1 unspecified atom stereocenters. The molecule has 0 spiro atoms. The molecule has 96 valence electrons. The second kappa shape index (κ2) is 7.89. The van der Waals surface area contributed by atoms with Crippen LogP contribution in [0.15, 0.2) is 12.7 Å². The summed E-state index contributed by atoms with van der Waals surface area (Å²) in [6.45, 7) is 15.8. The van der Waals surface area contributed by atoms with Gasteiger partial charge in [-0.05, 0) is 44.9 Å². The zero-order valence-electron chi connectivity index (χ0n) is 11.9. The summed E-state index contributed by atoms with van der Waals surface area (Å²) in [4.78, 5) is 0. The van der Waals surface area contributed by atoms with E-state index in [9.17, 15) is 0 Å². The number of rotatable bonds is 9. The fraction of sp³-hybridized carbons (Fsp3) is 0.867. The van der Waals surface area contributed by atoms with Crippen LogP contribution in [0.5, 0.6) is 0 Å². The van der Waals surface area contributed by atoms with Crippen molar-refractivity contribution in [2.24, 2.45) is 11.8 Å². The quantitative estimate of drug-likeness (QED) is 0.512. The van der Waals surface area contributed by atoms with Crippen LogP contribution in [0.1, 0.15) is 60.3 Å². The van der Waals surface area contributed by atoms with Crippen LogP contribution in [0.4, 0.5) is 0 Å². The third kappa shape index (κ3) is 8.96. The van der Waals surface area contributed by atoms with Gasteiger partial charge in [0, 0.05) is 6.61 Å². The Kier molecular flexibility index (Phi) is 7.74. The first-order chi connectivity index (χ1) is 7.37. The van der Waals surface area contributed by atoms with Gasteiger partial charge in [0.1, 0.15) is 0 Å². The van der Waals surface area contributed by atoms with Crippen LogP contribution in [-0.4, -0.2) is 12.2 Å². The van der Waals surface area contributed by atoms with Crippen LogP contribution in [0, 0.1) is 11.8 Å². The normalized spacial score (nSPS) is 14.1. The van der Waals surface area contributed by atoms with Gasteiger partial charge < -0.3 is 4.74 Å². The van der Waals surface area contributed by atoms with Gasteiger partial charge in [-0.25, -0.2) is 0 Å². The summed E-state index contributed by atoms with van der Waals surface area (Å²) in [6, 6.07) is 0. The van der Waals surface area contributed by atoms with Gasteiger partial charge in [-0.3, -0.25) is 0 Å². The Morgan fingerprint density at radius 2 is 1.81 bits per heavy atom. The summed E-state index contributed by atoms with van der Waals surface area (Å²) in [6.07, 6.45) is 6.78. The molecule has 0 aromatic carbocycles. The molecule has 0 N–H and O–H groups in total. The van der Waals surface area contributed by atoms with E-state index in [1.807, 2.05) is 6.08 Å². The molecule has 0 aromatic rings. The first kappa shape index (κ1) is 15.7. The Balaban J connectivity index is 3.65. The van der Waals surface area contributed by atoms with E-state index in [-0.39, 0.29) is 5.60 Å². The van der Waals surface area contributed by atoms with Crippen molar-refractivity contribution in [1.82, 2.24) is 0 Å². The zero-order valence-corrected chi connectivity index (χ0v) is 11.9. The predicted octanol–water partition coefficient (Wildman–Crippen LogP) is 4.82. The number of allylic oxidation sites excluding steroid dienone is 1. The lowest BCUT2D eigenvalue weighted by Crippen LogP contribution is -2.25. The summed E-state index contributed by atoms with van der Waals surface area (Å²) in [5.41, 5.74) is 0.0375. The van der Waals surface area contributed by atoms with Gasteiger partial charge in [-0.1, -0.05) is 33.3 Å². The predicted molar refractivity (Wildman–Crippen MR) is 72.7 cm³/mol. The Bertz CT molecular complexity index is 182. The molecule has 0 rings (SSSR count). The lowest BCUT2D eigenvalue weighted by molar-refractivity contribution is -0.0295. The Hall–Kier alpha value is -0.300. The highest BCUT2D eigenvalue weighted by Gasteiger charge is 2.17. The minimum atomic E-state index is 0.0375. The van der Waals surface area contributed by atoms with Crippen molar-refractivity contribution in [3.05, 3.63) is 12.7 Å². The van der Waals surface area contributed by atoms with Crippen LogP contribution in [0.3, 0.4) is 0 Å². The van der Waals surface area contributed by atoms with Crippen molar-refractivity contribution in [3.63, 3.8) is 0 Å². The highest BCUT2D eigenvalue weighted by Crippen LogP contribution is 2.21. The van der Waals surface area contributed by atoms with E-state index in [2.05, 4.69) is 41.2 Å². The molecule has 1 atom stereocenters. The fourth-order valence-corrected chi connectivity index (χ4v) is 1.61. The Labute approximate surface area is 102 Å². The second-order valence-electron chi connectivity index (χ2n) is 5.90. The van der Waals surface area contributed by atoms with Crippen molar-refractivity contribution in [3.8, 4) is 0 Å². The van der Waals surface area contributed by atoms with E-state index in [1.54, 1.807) is 0 Å². The average Bonchev–Trinajstić information content (AvgIpc) is 2.16. The summed E-state index contributed by atoms with van der Waals surface area (Å²) < 4.78 is 5.93. The highest BCUT2D eigenvalue weighted by molar-refractivity contribution is 4.76. The molecule has 1 nitrogen and oxygen atoms in total. The minimum Gasteiger partial charge on any atom is -0.376 e. The first-order valence-corrected chi connectivity index (χ1v) is 6.64. The average molecular weight is 226 g/mol. The van der Waals surface area contributed by atoms with E-state index >= 15 is 0 Å². The van der Waals surface area contributed by atoms with Crippen molar-refractivity contribution in [2.75, 3.05) is 6.61 Å². The fourth-order valence-electron chi connectivity index (χ4n) is 1.61. The molecule has 0 heterocycles. The third-order valence-electron chi connectivity index (χ3n) is 3.03. The minimum absolute atomic E-state index is 0.0375. The monoisotopic (exact) mass is 226 g/mol. The molecule has 0 saturated heterocycles. The molecule has 0 aliphatic rings. The molecule has 0 aromatic heterocycles. The van der Waals surface area contributed by atoms with E-state index in [0.717, 1.165) is 25.4 Å². The SMILES string of the molecule is C=CC(C)CCCC(C)(C)OCCC(C)C. The lowest BCUT2D eigenvalue weighted by atomic mass is 9.96. The molecule has 0 amide bonds. The standard InChI is InChI=1S/C15H30O/c1-7-14(4)9-8-11-15(5,6)16-12-10-13(2)3/h7,13-14H,1,8-12H2,2-6H3. The molecule has 0 fully saturated rings. The van der Waals surface area contributed by atoms with Gasteiger partial charge in [0.25, 0.3) is 0 Å². The van der Waals surface area contributed by atoms with Crippen LogP contribution in [0.2, 0.25) is 0 Å². The maximum atomic E-state index is 5.93. The van der Waals surface area contributed by atoms with Crippen molar-refractivity contribution >= 4 is 0 Å². The first-order valence-electron chi connectivity index (χ1n) is 6.64. The summed E-state index contributed by atoms with van der Waals surface area (Å²) in [5, 5.41) is 0. The smallest absolute Gasteiger partial charge is 0.0626 e. The van der Waals surface area contributed by atoms with Crippen molar-refractivity contribution in [2.45, 2.75) is 65.9 Å². The van der Waals surface area contributed by atoms with Gasteiger partial charge in [0.2, 0.25) is 0 Å². The van der Waals surface area contributed by atoms with E-state index in [0.29, 0.717) is 5.92 Å². The van der Waals surface area contributed by atoms with Gasteiger partial charge in [-0.15, -0.1) is 6.58 Å². The van der Waals surface area contributed by atoms with Crippen molar-refractivity contribution in [1.29, 1.82) is 0 Å². The van der Waals surface area contributed by atoms with E-state index in [4.69, 9.17) is 4.74 Å². The third-order valence-corrected chi connectivity index (χ3v) is 3.03. The van der Waals surface area contributed by atoms with Gasteiger partial charge in [0.15, 0.2) is 0 Å². The number of hydrogen-bond donors (Lipinski definition) is 0. The van der Waals surface area contributed by atoms with Gasteiger partial charge >= 0.3 is 0 Å². The van der Waals surface area contributed by atoms with E-state index < -0.39 is 0 Å². The topological polar surface area (TPSA) is 9.23 Å². The van der Waals surface area contributed by atoms with Crippen LogP contribution >= 0.6 is 0 Å². The molecular weight excluding hydrogens is 196 g/mol. The highest BCUT2D eigenvalue weighted by atomic mass is 16.5. The molecule has 0 bridgehead atoms. The van der Waals surface area contributed by atoms with Gasteiger partial charge in [0.05, 0.1) is 5.60 Å². The van der Waals surface area contributed by atoms with Crippen molar-refractivity contribution < 1.29 is 4.74 Å². The Morgan fingerprint density at radius 3 is 2.31 bits per heavy atom.